The van der Waals surface area contributed by atoms with Crippen LogP contribution in [0.4, 0.5) is 0 Å². The molecule has 4 nitrogen and oxygen atoms in total. The van der Waals surface area contributed by atoms with Gasteiger partial charge in [-0.05, 0) is 44.4 Å². The summed E-state index contributed by atoms with van der Waals surface area (Å²) in [5, 5.41) is 3.05. The first-order valence-corrected chi connectivity index (χ1v) is 8.55. The first kappa shape index (κ1) is 17.5. The van der Waals surface area contributed by atoms with E-state index in [2.05, 4.69) is 39.1 Å². The van der Waals surface area contributed by atoms with Crippen molar-refractivity contribution in [2.75, 3.05) is 26.4 Å². The number of allylic oxidation sites excluding steroid dienone is 2. The molecule has 3 unspecified atom stereocenters. The third kappa shape index (κ3) is 4.56. The summed E-state index contributed by atoms with van der Waals surface area (Å²) in [5.41, 5.74) is 1.38. The van der Waals surface area contributed by atoms with Crippen LogP contribution in [0, 0.1) is 17.3 Å². The first-order valence-electron chi connectivity index (χ1n) is 8.55. The van der Waals surface area contributed by atoms with Crippen molar-refractivity contribution >= 4 is 5.91 Å². The summed E-state index contributed by atoms with van der Waals surface area (Å²) in [7, 11) is 0. The summed E-state index contributed by atoms with van der Waals surface area (Å²) in [6.45, 7) is 11.5. The smallest absolute Gasteiger partial charge is 0.224 e. The molecule has 1 saturated heterocycles. The van der Waals surface area contributed by atoms with Gasteiger partial charge in [-0.3, -0.25) is 4.79 Å². The van der Waals surface area contributed by atoms with E-state index in [-0.39, 0.29) is 23.3 Å². The standard InChI is InChI=1S/C18H31NO3/c1-13(2)11-15-16(18(15,3)4)17(20)19-8-6-9-21-12-14-7-5-10-22-14/h11,14-16H,5-10,12H2,1-4H3,(H,19,20). The topological polar surface area (TPSA) is 47.6 Å². The van der Waals surface area contributed by atoms with Crippen molar-refractivity contribution in [2.24, 2.45) is 17.3 Å². The van der Waals surface area contributed by atoms with Crippen LogP contribution >= 0.6 is 0 Å². The van der Waals surface area contributed by atoms with Crippen LogP contribution in [0.3, 0.4) is 0 Å². The van der Waals surface area contributed by atoms with Crippen molar-refractivity contribution in [1.82, 2.24) is 5.32 Å². The lowest BCUT2D eigenvalue weighted by atomic mass is 10.1. The third-order valence-electron chi connectivity index (χ3n) is 4.80. The number of amides is 1. The molecule has 126 valence electrons. The van der Waals surface area contributed by atoms with Crippen molar-refractivity contribution in [3.8, 4) is 0 Å². The quantitative estimate of drug-likeness (QED) is 0.554. The van der Waals surface area contributed by atoms with Gasteiger partial charge >= 0.3 is 0 Å². The maximum Gasteiger partial charge on any atom is 0.224 e. The zero-order chi connectivity index (χ0) is 16.2. The lowest BCUT2D eigenvalue weighted by Gasteiger charge is -2.10. The second-order valence-corrected chi connectivity index (χ2v) is 7.42. The summed E-state index contributed by atoms with van der Waals surface area (Å²) in [4.78, 5) is 12.3. The van der Waals surface area contributed by atoms with Crippen LogP contribution in [0.2, 0.25) is 0 Å². The second-order valence-electron chi connectivity index (χ2n) is 7.42. The Hall–Kier alpha value is -0.870. The van der Waals surface area contributed by atoms with Crippen molar-refractivity contribution in [1.29, 1.82) is 0 Å². The van der Waals surface area contributed by atoms with E-state index in [1.165, 1.54) is 5.57 Å². The Kier molecular flexibility index (Phi) is 6.04. The molecule has 3 atom stereocenters. The highest BCUT2D eigenvalue weighted by molar-refractivity contribution is 5.83. The summed E-state index contributed by atoms with van der Waals surface area (Å²) < 4.78 is 11.1. The lowest BCUT2D eigenvalue weighted by Crippen LogP contribution is -2.28. The van der Waals surface area contributed by atoms with Crippen LogP contribution in [0.15, 0.2) is 11.6 Å². The molecule has 0 aromatic rings. The molecule has 0 aromatic carbocycles. The molecule has 0 radical (unpaired) electrons. The number of carbonyl (C=O) groups excluding carboxylic acids is 1. The molecule has 2 fully saturated rings. The molecule has 0 aromatic heterocycles. The van der Waals surface area contributed by atoms with Gasteiger partial charge in [-0.25, -0.2) is 0 Å². The molecule has 1 saturated carbocycles. The minimum atomic E-state index is 0.0949. The largest absolute Gasteiger partial charge is 0.379 e. The summed E-state index contributed by atoms with van der Waals surface area (Å²) >= 11 is 0. The van der Waals surface area contributed by atoms with E-state index >= 15 is 0 Å². The van der Waals surface area contributed by atoms with Gasteiger partial charge in [0.15, 0.2) is 0 Å². The number of nitrogens with one attached hydrogen (secondary N) is 1. The SMILES string of the molecule is CC(C)=CC1C(C(=O)NCCCOCC2CCCO2)C1(C)C. The average Bonchev–Trinajstić information content (AvgIpc) is 2.82. The number of hydrogen-bond acceptors (Lipinski definition) is 3. The fraction of sp³-hybridized carbons (Fsp3) is 0.833. The highest BCUT2D eigenvalue weighted by atomic mass is 16.5. The van der Waals surface area contributed by atoms with Crippen molar-refractivity contribution < 1.29 is 14.3 Å². The monoisotopic (exact) mass is 309 g/mol. The minimum absolute atomic E-state index is 0.0949. The van der Waals surface area contributed by atoms with Gasteiger partial charge in [0, 0.05) is 19.8 Å². The van der Waals surface area contributed by atoms with Gasteiger partial charge in [-0.2, -0.15) is 0 Å². The maximum absolute atomic E-state index is 12.3. The van der Waals surface area contributed by atoms with Crippen LogP contribution in [-0.2, 0) is 14.3 Å². The molecule has 1 aliphatic carbocycles. The van der Waals surface area contributed by atoms with Gasteiger partial charge in [0.1, 0.15) is 0 Å². The Labute approximate surface area is 134 Å². The van der Waals surface area contributed by atoms with Crippen molar-refractivity contribution in [2.45, 2.75) is 53.1 Å². The Morgan fingerprint density at radius 2 is 2.18 bits per heavy atom. The van der Waals surface area contributed by atoms with Crippen LogP contribution < -0.4 is 5.32 Å². The van der Waals surface area contributed by atoms with Crippen LogP contribution in [-0.4, -0.2) is 38.4 Å². The fourth-order valence-electron chi connectivity index (χ4n) is 3.33. The number of rotatable bonds is 8. The molecule has 0 spiro atoms. The predicted octanol–water partition coefficient (Wildman–Crippen LogP) is 2.93. The van der Waals surface area contributed by atoms with Gasteiger partial charge in [0.05, 0.1) is 18.6 Å². The van der Waals surface area contributed by atoms with E-state index in [0.717, 1.165) is 25.9 Å². The first-order chi connectivity index (χ1) is 10.4. The number of carbonyl (C=O) groups is 1. The van der Waals surface area contributed by atoms with Gasteiger partial charge in [0.2, 0.25) is 5.91 Å². The molecule has 1 amide bonds. The number of ether oxygens (including phenoxy) is 2. The third-order valence-corrected chi connectivity index (χ3v) is 4.80. The summed E-state index contributed by atoms with van der Waals surface area (Å²) in [6.07, 6.45) is 5.63. The zero-order valence-corrected chi connectivity index (χ0v) is 14.5. The van der Waals surface area contributed by atoms with Crippen LogP contribution in [0.5, 0.6) is 0 Å². The highest BCUT2D eigenvalue weighted by Gasteiger charge is 2.60. The second kappa shape index (κ2) is 7.60. The average molecular weight is 309 g/mol. The van der Waals surface area contributed by atoms with Gasteiger partial charge in [0.25, 0.3) is 0 Å². The van der Waals surface area contributed by atoms with E-state index in [9.17, 15) is 4.79 Å². The predicted molar refractivity (Wildman–Crippen MR) is 87.6 cm³/mol. The fourth-order valence-corrected chi connectivity index (χ4v) is 3.33. The van der Waals surface area contributed by atoms with Gasteiger partial charge < -0.3 is 14.8 Å². The van der Waals surface area contributed by atoms with Crippen LogP contribution in [0.1, 0.15) is 47.0 Å². The number of hydrogen-bond donors (Lipinski definition) is 1. The molecule has 2 aliphatic rings. The van der Waals surface area contributed by atoms with Gasteiger partial charge in [-0.15, -0.1) is 0 Å². The van der Waals surface area contributed by atoms with Crippen molar-refractivity contribution in [3.63, 3.8) is 0 Å². The summed E-state index contributed by atoms with van der Waals surface area (Å²) in [6, 6.07) is 0. The van der Waals surface area contributed by atoms with Crippen molar-refractivity contribution in [3.05, 3.63) is 11.6 Å². The molecule has 1 N–H and O–H groups in total. The molecule has 0 bridgehead atoms. The Bertz CT molecular complexity index is 407. The highest BCUT2D eigenvalue weighted by Crippen LogP contribution is 2.59. The Balaban J connectivity index is 1.57. The molecule has 1 aliphatic heterocycles. The lowest BCUT2D eigenvalue weighted by molar-refractivity contribution is -0.123. The van der Waals surface area contributed by atoms with E-state index in [1.54, 1.807) is 0 Å². The maximum atomic E-state index is 12.3. The normalized spacial score (nSPS) is 29.2. The molecule has 2 rings (SSSR count). The Morgan fingerprint density at radius 1 is 1.41 bits per heavy atom. The molecule has 4 heteroatoms. The molecular formula is C18H31NO3. The van der Waals surface area contributed by atoms with Gasteiger partial charge in [-0.1, -0.05) is 25.5 Å². The zero-order valence-electron chi connectivity index (χ0n) is 14.5. The molecular weight excluding hydrogens is 278 g/mol. The van der Waals surface area contributed by atoms with E-state index in [0.29, 0.717) is 25.7 Å². The molecule has 1 heterocycles. The van der Waals surface area contributed by atoms with E-state index in [4.69, 9.17) is 9.47 Å². The summed E-state index contributed by atoms with van der Waals surface area (Å²) in [5.74, 6) is 0.690. The van der Waals surface area contributed by atoms with E-state index in [1.807, 2.05) is 0 Å². The Morgan fingerprint density at radius 3 is 2.82 bits per heavy atom. The van der Waals surface area contributed by atoms with E-state index < -0.39 is 0 Å². The minimum Gasteiger partial charge on any atom is -0.379 e. The van der Waals surface area contributed by atoms with Crippen LogP contribution in [0.25, 0.3) is 0 Å². The molecule has 22 heavy (non-hydrogen) atoms.